The Labute approximate surface area is 73.4 Å². The highest BCUT2D eigenvalue weighted by Crippen LogP contribution is 2.35. The minimum absolute atomic E-state index is 0.581. The van der Waals surface area contributed by atoms with Crippen LogP contribution in [-0.4, -0.2) is 28.3 Å². The fourth-order valence-electron chi connectivity index (χ4n) is 0.776. The molecule has 0 aliphatic carbocycles. The van der Waals surface area contributed by atoms with Gasteiger partial charge < -0.3 is 15.3 Å². The summed E-state index contributed by atoms with van der Waals surface area (Å²) in [6.45, 7) is 0. The van der Waals surface area contributed by atoms with Gasteiger partial charge in [0.2, 0.25) is 0 Å². The number of rotatable bonds is 1. The first-order chi connectivity index (χ1) is 5.82. The summed E-state index contributed by atoms with van der Waals surface area (Å²) in [6, 6.07) is 1.36. The number of benzene rings is 1. The molecular formula is C6H6O6S. The van der Waals surface area contributed by atoms with Crippen LogP contribution >= 0.6 is 0 Å². The van der Waals surface area contributed by atoms with Crippen LogP contribution in [0.15, 0.2) is 17.0 Å². The Morgan fingerprint density at radius 3 is 2.08 bits per heavy atom. The highest BCUT2D eigenvalue weighted by molar-refractivity contribution is 7.86. The van der Waals surface area contributed by atoms with Crippen molar-refractivity contribution in [3.05, 3.63) is 12.1 Å². The van der Waals surface area contributed by atoms with E-state index in [4.69, 9.17) is 19.9 Å². The minimum Gasteiger partial charge on any atom is -0.508 e. The van der Waals surface area contributed by atoms with Crippen molar-refractivity contribution in [3.8, 4) is 17.2 Å². The monoisotopic (exact) mass is 206 g/mol. The summed E-state index contributed by atoms with van der Waals surface area (Å²) in [4.78, 5) is -0.940. The molecule has 0 spiro atoms. The zero-order chi connectivity index (χ0) is 10.2. The van der Waals surface area contributed by atoms with Crippen LogP contribution in [0.3, 0.4) is 0 Å². The van der Waals surface area contributed by atoms with E-state index in [-0.39, 0.29) is 0 Å². The van der Waals surface area contributed by atoms with Gasteiger partial charge in [0.25, 0.3) is 10.1 Å². The average Bonchev–Trinajstić information content (AvgIpc) is 1.94. The van der Waals surface area contributed by atoms with Crippen molar-refractivity contribution < 1.29 is 28.3 Å². The highest BCUT2D eigenvalue weighted by Gasteiger charge is 2.19. The van der Waals surface area contributed by atoms with Crippen LogP contribution in [0.4, 0.5) is 0 Å². The van der Waals surface area contributed by atoms with E-state index in [1.165, 1.54) is 0 Å². The van der Waals surface area contributed by atoms with Gasteiger partial charge in [-0.3, -0.25) is 4.55 Å². The van der Waals surface area contributed by atoms with E-state index in [1.807, 2.05) is 0 Å². The van der Waals surface area contributed by atoms with Gasteiger partial charge >= 0.3 is 0 Å². The highest BCUT2D eigenvalue weighted by atomic mass is 32.2. The Bertz CT molecular complexity index is 435. The number of phenolic OH excluding ortho intramolecular Hbond substituents is 3. The van der Waals surface area contributed by atoms with Crippen LogP contribution in [0.1, 0.15) is 0 Å². The lowest BCUT2D eigenvalue weighted by atomic mass is 10.3. The van der Waals surface area contributed by atoms with Gasteiger partial charge in [-0.15, -0.1) is 0 Å². The molecule has 0 fully saturated rings. The number of phenols is 3. The summed E-state index contributed by atoms with van der Waals surface area (Å²) >= 11 is 0. The molecule has 0 unspecified atom stereocenters. The summed E-state index contributed by atoms with van der Waals surface area (Å²) in [6.07, 6.45) is 0. The van der Waals surface area contributed by atoms with Crippen molar-refractivity contribution in [2.45, 2.75) is 4.90 Å². The molecule has 0 saturated carbocycles. The van der Waals surface area contributed by atoms with E-state index >= 15 is 0 Å². The maximum atomic E-state index is 10.5. The molecule has 1 aromatic carbocycles. The van der Waals surface area contributed by atoms with Crippen LogP contribution in [0, 0.1) is 0 Å². The topological polar surface area (TPSA) is 115 Å². The van der Waals surface area contributed by atoms with Gasteiger partial charge in [-0.25, -0.2) is 0 Å². The zero-order valence-electron chi connectivity index (χ0n) is 6.17. The van der Waals surface area contributed by atoms with Gasteiger partial charge in [0, 0.05) is 12.1 Å². The molecule has 1 aromatic rings. The fourth-order valence-corrected chi connectivity index (χ4v) is 1.39. The van der Waals surface area contributed by atoms with E-state index < -0.39 is 32.3 Å². The Morgan fingerprint density at radius 1 is 1.08 bits per heavy atom. The summed E-state index contributed by atoms with van der Waals surface area (Å²) in [7, 11) is -4.65. The van der Waals surface area contributed by atoms with Crippen LogP contribution in [0.2, 0.25) is 0 Å². The normalized spacial score (nSPS) is 11.5. The predicted octanol–water partition coefficient (Wildman–Crippen LogP) is 0.0501. The molecule has 4 N–H and O–H groups in total. The number of hydrogen-bond donors (Lipinski definition) is 4. The summed E-state index contributed by atoms with van der Waals surface area (Å²) in [5, 5.41) is 26.7. The molecular weight excluding hydrogens is 200 g/mol. The molecule has 0 aliphatic heterocycles. The van der Waals surface area contributed by atoms with E-state index in [0.717, 1.165) is 6.07 Å². The van der Waals surface area contributed by atoms with E-state index in [1.54, 1.807) is 0 Å². The van der Waals surface area contributed by atoms with Crippen molar-refractivity contribution in [2.24, 2.45) is 0 Å². The quantitative estimate of drug-likeness (QED) is 0.293. The minimum atomic E-state index is -4.65. The standard InChI is InChI=1S/C6H6O6S/c7-3-1-4(8)6(9)5(2-3)13(10,11)12/h1-2,7-9H,(H,10,11,12). The SMILES string of the molecule is O=S(=O)(O)c1cc(O)cc(O)c1O. The molecule has 13 heavy (non-hydrogen) atoms. The molecule has 0 aromatic heterocycles. The van der Waals surface area contributed by atoms with Gasteiger partial charge in [0.15, 0.2) is 11.5 Å². The van der Waals surface area contributed by atoms with Gasteiger partial charge in [0.1, 0.15) is 10.6 Å². The third-order valence-corrected chi connectivity index (χ3v) is 2.18. The van der Waals surface area contributed by atoms with E-state index in [0.29, 0.717) is 6.07 Å². The Balaban J connectivity index is 3.56. The zero-order valence-corrected chi connectivity index (χ0v) is 6.98. The molecule has 0 atom stereocenters. The smallest absolute Gasteiger partial charge is 0.298 e. The molecule has 0 aliphatic rings. The first kappa shape index (κ1) is 9.62. The number of aromatic hydroxyl groups is 3. The second kappa shape index (κ2) is 2.79. The van der Waals surface area contributed by atoms with Crippen molar-refractivity contribution in [1.29, 1.82) is 0 Å². The maximum absolute atomic E-state index is 10.5. The first-order valence-electron chi connectivity index (χ1n) is 3.05. The Hall–Kier alpha value is -1.47. The van der Waals surface area contributed by atoms with Crippen LogP contribution in [0.5, 0.6) is 17.2 Å². The fraction of sp³-hybridized carbons (Fsp3) is 0. The van der Waals surface area contributed by atoms with E-state index in [9.17, 15) is 8.42 Å². The molecule has 0 saturated heterocycles. The molecule has 6 nitrogen and oxygen atoms in total. The van der Waals surface area contributed by atoms with Gasteiger partial charge in [-0.05, 0) is 0 Å². The largest absolute Gasteiger partial charge is 0.508 e. The lowest BCUT2D eigenvalue weighted by Crippen LogP contribution is -1.98. The lowest BCUT2D eigenvalue weighted by molar-refractivity contribution is 0.381. The summed E-state index contributed by atoms with van der Waals surface area (Å²) in [5.74, 6) is -2.41. The van der Waals surface area contributed by atoms with Crippen molar-refractivity contribution in [3.63, 3.8) is 0 Å². The maximum Gasteiger partial charge on any atom is 0.298 e. The molecule has 0 amide bonds. The number of hydrogen-bond acceptors (Lipinski definition) is 5. The second-order valence-electron chi connectivity index (χ2n) is 2.29. The lowest BCUT2D eigenvalue weighted by Gasteiger charge is -2.03. The van der Waals surface area contributed by atoms with Crippen LogP contribution in [-0.2, 0) is 10.1 Å². The average molecular weight is 206 g/mol. The molecule has 72 valence electrons. The van der Waals surface area contributed by atoms with Gasteiger partial charge in [-0.2, -0.15) is 8.42 Å². The van der Waals surface area contributed by atoms with E-state index in [2.05, 4.69) is 0 Å². The predicted molar refractivity (Wildman–Crippen MR) is 41.3 cm³/mol. The third-order valence-electron chi connectivity index (χ3n) is 1.32. The molecule has 0 heterocycles. The molecule has 0 bridgehead atoms. The van der Waals surface area contributed by atoms with Crippen LogP contribution < -0.4 is 0 Å². The second-order valence-corrected chi connectivity index (χ2v) is 3.68. The van der Waals surface area contributed by atoms with Crippen LogP contribution in [0.25, 0.3) is 0 Å². The first-order valence-corrected chi connectivity index (χ1v) is 4.49. The van der Waals surface area contributed by atoms with Crippen molar-refractivity contribution in [2.75, 3.05) is 0 Å². The summed E-state index contributed by atoms with van der Waals surface area (Å²) in [5.41, 5.74) is 0. The third kappa shape index (κ3) is 1.82. The Morgan fingerprint density at radius 2 is 1.62 bits per heavy atom. The summed E-state index contributed by atoms with van der Waals surface area (Å²) < 4.78 is 29.6. The van der Waals surface area contributed by atoms with Crippen molar-refractivity contribution in [1.82, 2.24) is 0 Å². The van der Waals surface area contributed by atoms with Gasteiger partial charge in [-0.1, -0.05) is 0 Å². The van der Waals surface area contributed by atoms with Crippen molar-refractivity contribution >= 4 is 10.1 Å². The Kier molecular flexibility index (Phi) is 2.06. The molecule has 7 heteroatoms. The molecule has 1 rings (SSSR count). The molecule has 0 radical (unpaired) electrons. The van der Waals surface area contributed by atoms with Gasteiger partial charge in [0.05, 0.1) is 0 Å².